The summed E-state index contributed by atoms with van der Waals surface area (Å²) in [6.07, 6.45) is 9.59. The van der Waals surface area contributed by atoms with Crippen molar-refractivity contribution in [3.8, 4) is 0 Å². The quantitative estimate of drug-likeness (QED) is 0.862. The Hall–Kier alpha value is -1.26. The first-order valence-corrected chi connectivity index (χ1v) is 7.26. The van der Waals surface area contributed by atoms with Crippen LogP contribution in [0.25, 0.3) is 0 Å². The van der Waals surface area contributed by atoms with Crippen LogP contribution in [0.2, 0.25) is 0 Å². The molecule has 4 nitrogen and oxygen atoms in total. The van der Waals surface area contributed by atoms with Gasteiger partial charge in [-0.05, 0) is 44.3 Å². The second-order valence-corrected chi connectivity index (χ2v) is 5.51. The summed E-state index contributed by atoms with van der Waals surface area (Å²) in [6.45, 7) is 5.56. The Morgan fingerprint density at radius 1 is 1.26 bits per heavy atom. The lowest BCUT2D eigenvalue weighted by atomic mass is 9.85. The molecule has 2 fully saturated rings. The third kappa shape index (κ3) is 2.85. The molecule has 0 aromatic carbocycles. The molecule has 19 heavy (non-hydrogen) atoms. The molecule has 1 spiro atoms. The van der Waals surface area contributed by atoms with Crippen LogP contribution in [0.4, 0.5) is 0 Å². The normalized spacial score (nSPS) is 23.3. The average molecular weight is 261 g/mol. The van der Waals surface area contributed by atoms with Crippen LogP contribution in [0.5, 0.6) is 0 Å². The molecule has 3 heterocycles. The van der Waals surface area contributed by atoms with Crippen LogP contribution in [-0.4, -0.2) is 43.2 Å². The summed E-state index contributed by atoms with van der Waals surface area (Å²) in [4.78, 5) is 2.55. The van der Waals surface area contributed by atoms with Gasteiger partial charge in [0.15, 0.2) is 0 Å². The Labute approximate surface area is 114 Å². The van der Waals surface area contributed by atoms with Crippen molar-refractivity contribution >= 4 is 0 Å². The van der Waals surface area contributed by atoms with Gasteiger partial charge in [-0.15, -0.1) is 0 Å². The van der Waals surface area contributed by atoms with E-state index in [1.54, 1.807) is 6.26 Å². The third-order valence-electron chi connectivity index (χ3n) is 4.31. The van der Waals surface area contributed by atoms with Crippen LogP contribution in [0, 0.1) is 0 Å². The van der Waals surface area contributed by atoms with Gasteiger partial charge < -0.3 is 20.0 Å². The molecule has 0 unspecified atom stereocenters. The van der Waals surface area contributed by atoms with Gasteiger partial charge in [0.1, 0.15) is 5.76 Å². The van der Waals surface area contributed by atoms with E-state index in [9.17, 15) is 0 Å². The molecule has 4 heteroatoms. The molecule has 104 valence electrons. The van der Waals surface area contributed by atoms with E-state index in [2.05, 4.69) is 27.8 Å². The lowest BCUT2D eigenvalue weighted by Crippen LogP contribution is -2.62. The minimum atomic E-state index is 0.323. The van der Waals surface area contributed by atoms with Gasteiger partial charge in [0.2, 0.25) is 0 Å². The lowest BCUT2D eigenvalue weighted by molar-refractivity contribution is 0.0766. The van der Waals surface area contributed by atoms with Gasteiger partial charge in [-0.25, -0.2) is 0 Å². The molecule has 0 saturated carbocycles. The van der Waals surface area contributed by atoms with E-state index in [0.29, 0.717) is 5.54 Å². The first-order chi connectivity index (χ1) is 9.39. The smallest absolute Gasteiger partial charge is 0.107 e. The number of rotatable bonds is 3. The lowest BCUT2D eigenvalue weighted by Gasteiger charge is -2.49. The second-order valence-electron chi connectivity index (χ2n) is 5.51. The molecule has 2 aliphatic heterocycles. The Kier molecular flexibility index (Phi) is 3.89. The zero-order chi connectivity index (χ0) is 13.0. The number of hydrogen-bond donors (Lipinski definition) is 2. The number of nitrogens with one attached hydrogen (secondary N) is 2. The maximum absolute atomic E-state index is 5.37. The van der Waals surface area contributed by atoms with Gasteiger partial charge in [-0.2, -0.15) is 0 Å². The zero-order valence-electron chi connectivity index (χ0n) is 11.4. The Bertz CT molecular complexity index is 399. The number of piperazine rings is 1. The molecule has 1 aromatic heterocycles. The van der Waals surface area contributed by atoms with Gasteiger partial charge in [0, 0.05) is 26.1 Å². The van der Waals surface area contributed by atoms with E-state index in [1.807, 2.05) is 12.1 Å². The number of allylic oxidation sites excluding steroid dienone is 1. The molecule has 0 bridgehead atoms. The van der Waals surface area contributed by atoms with E-state index in [4.69, 9.17) is 4.42 Å². The van der Waals surface area contributed by atoms with Crippen molar-refractivity contribution in [2.75, 3.05) is 32.7 Å². The second kappa shape index (κ2) is 5.80. The first-order valence-electron chi connectivity index (χ1n) is 7.26. The molecule has 0 atom stereocenters. The molecule has 0 aliphatic carbocycles. The highest BCUT2D eigenvalue weighted by Crippen LogP contribution is 2.27. The third-order valence-corrected chi connectivity index (χ3v) is 4.31. The Morgan fingerprint density at radius 3 is 2.95 bits per heavy atom. The van der Waals surface area contributed by atoms with Gasteiger partial charge in [0.25, 0.3) is 0 Å². The van der Waals surface area contributed by atoms with Crippen LogP contribution in [0.15, 0.2) is 35.1 Å². The first kappa shape index (κ1) is 12.8. The maximum atomic E-state index is 5.37. The van der Waals surface area contributed by atoms with Crippen molar-refractivity contribution < 1.29 is 4.42 Å². The van der Waals surface area contributed by atoms with Crippen LogP contribution < -0.4 is 10.6 Å². The largest absolute Gasteiger partial charge is 0.469 e. The fourth-order valence-corrected chi connectivity index (χ4v) is 3.17. The minimum absolute atomic E-state index is 0.323. The van der Waals surface area contributed by atoms with Gasteiger partial charge in [-0.3, -0.25) is 0 Å². The van der Waals surface area contributed by atoms with Gasteiger partial charge in [0.05, 0.1) is 11.8 Å². The molecule has 3 rings (SSSR count). The summed E-state index contributed by atoms with van der Waals surface area (Å²) < 4.78 is 5.37. The SMILES string of the molecule is C(=C\N1CCNCC12CCNCC2)/Cc1ccco1. The van der Waals surface area contributed by atoms with Crippen LogP contribution >= 0.6 is 0 Å². The number of hydrogen-bond acceptors (Lipinski definition) is 4. The zero-order valence-corrected chi connectivity index (χ0v) is 11.4. The van der Waals surface area contributed by atoms with Crippen molar-refractivity contribution in [3.05, 3.63) is 36.4 Å². The van der Waals surface area contributed by atoms with E-state index < -0.39 is 0 Å². The molecule has 2 saturated heterocycles. The van der Waals surface area contributed by atoms with Crippen LogP contribution in [-0.2, 0) is 6.42 Å². The number of piperidine rings is 1. The summed E-state index contributed by atoms with van der Waals surface area (Å²) in [5.74, 6) is 1.03. The predicted octanol–water partition coefficient (Wildman–Crippen LogP) is 1.36. The molecular formula is C15H23N3O. The monoisotopic (exact) mass is 261 g/mol. The molecule has 2 aliphatic rings. The standard InChI is InChI=1S/C15H23N3O/c1(3-14-4-2-12-19-14)10-18-11-9-17-13-15(18)5-7-16-8-6-15/h1-2,4,10,12,16-17H,3,5-9,11,13H2/b10-1+. The maximum Gasteiger partial charge on any atom is 0.107 e. The predicted molar refractivity (Wildman–Crippen MR) is 76.0 cm³/mol. The Morgan fingerprint density at radius 2 is 2.16 bits per heavy atom. The average Bonchev–Trinajstić information content (AvgIpc) is 2.95. The summed E-state index contributed by atoms with van der Waals surface area (Å²) in [5, 5.41) is 7.02. The summed E-state index contributed by atoms with van der Waals surface area (Å²) >= 11 is 0. The van der Waals surface area contributed by atoms with E-state index in [1.165, 1.54) is 12.8 Å². The number of furan rings is 1. The summed E-state index contributed by atoms with van der Waals surface area (Å²) in [7, 11) is 0. The highest BCUT2D eigenvalue weighted by atomic mass is 16.3. The fraction of sp³-hybridized carbons (Fsp3) is 0.600. The van der Waals surface area contributed by atoms with Crippen LogP contribution in [0.1, 0.15) is 18.6 Å². The minimum Gasteiger partial charge on any atom is -0.469 e. The molecular weight excluding hydrogens is 238 g/mol. The van der Waals surface area contributed by atoms with Crippen molar-refractivity contribution in [2.24, 2.45) is 0 Å². The topological polar surface area (TPSA) is 40.4 Å². The molecule has 0 radical (unpaired) electrons. The Balaban J connectivity index is 1.65. The van der Waals surface area contributed by atoms with E-state index in [-0.39, 0.29) is 0 Å². The fourth-order valence-electron chi connectivity index (χ4n) is 3.17. The van der Waals surface area contributed by atoms with Crippen molar-refractivity contribution in [1.82, 2.24) is 15.5 Å². The van der Waals surface area contributed by atoms with Crippen molar-refractivity contribution in [2.45, 2.75) is 24.8 Å². The molecule has 1 aromatic rings. The highest BCUT2D eigenvalue weighted by Gasteiger charge is 2.37. The summed E-state index contributed by atoms with van der Waals surface area (Å²) in [6, 6.07) is 3.98. The van der Waals surface area contributed by atoms with Gasteiger partial charge >= 0.3 is 0 Å². The molecule has 2 N–H and O–H groups in total. The van der Waals surface area contributed by atoms with E-state index in [0.717, 1.165) is 44.9 Å². The van der Waals surface area contributed by atoms with E-state index >= 15 is 0 Å². The number of nitrogens with zero attached hydrogens (tertiary/aromatic N) is 1. The highest BCUT2D eigenvalue weighted by molar-refractivity contribution is 5.07. The molecule has 0 amide bonds. The van der Waals surface area contributed by atoms with Crippen LogP contribution in [0.3, 0.4) is 0 Å². The van der Waals surface area contributed by atoms with Crippen molar-refractivity contribution in [1.29, 1.82) is 0 Å². The van der Waals surface area contributed by atoms with Crippen molar-refractivity contribution in [3.63, 3.8) is 0 Å². The summed E-state index contributed by atoms with van der Waals surface area (Å²) in [5.41, 5.74) is 0.323. The van der Waals surface area contributed by atoms with Gasteiger partial charge in [-0.1, -0.05) is 6.08 Å².